The Morgan fingerprint density at radius 2 is 2.29 bits per heavy atom. The Labute approximate surface area is 133 Å². The summed E-state index contributed by atoms with van der Waals surface area (Å²) in [6.07, 6.45) is 4.62. The zero-order valence-electron chi connectivity index (χ0n) is 11.7. The summed E-state index contributed by atoms with van der Waals surface area (Å²) in [4.78, 5) is 8.72. The molecule has 0 aliphatic carbocycles. The second kappa shape index (κ2) is 5.91. The number of hydrogen-bond acceptors (Lipinski definition) is 5. The minimum Gasteiger partial charge on any atom is -0.338 e. The van der Waals surface area contributed by atoms with E-state index in [1.807, 2.05) is 0 Å². The van der Waals surface area contributed by atoms with Crippen LogP contribution in [0.1, 0.15) is 32.1 Å². The molecule has 3 rings (SSSR count). The highest BCUT2D eigenvalue weighted by Gasteiger charge is 2.38. The summed E-state index contributed by atoms with van der Waals surface area (Å²) in [5.74, 6) is 1.06. The van der Waals surface area contributed by atoms with Crippen LogP contribution >= 0.6 is 23.2 Å². The Bertz CT molecular complexity index is 638. The third kappa shape index (κ3) is 2.78. The van der Waals surface area contributed by atoms with Gasteiger partial charge < -0.3 is 9.84 Å². The van der Waals surface area contributed by atoms with Crippen molar-refractivity contribution in [3.8, 4) is 11.5 Å². The quantitative estimate of drug-likeness (QED) is 0.935. The van der Waals surface area contributed by atoms with Crippen molar-refractivity contribution in [2.24, 2.45) is 0 Å². The summed E-state index contributed by atoms with van der Waals surface area (Å²) < 4.78 is 5.51. The van der Waals surface area contributed by atoms with Crippen LogP contribution in [0.3, 0.4) is 0 Å². The van der Waals surface area contributed by atoms with Gasteiger partial charge in [-0.15, -0.1) is 0 Å². The van der Waals surface area contributed by atoms with Crippen LogP contribution < -0.4 is 5.32 Å². The lowest BCUT2D eigenvalue weighted by Crippen LogP contribution is -2.43. The Kier molecular flexibility index (Phi) is 4.15. The standard InChI is InChI=1S/C14H16Cl2N4O/c1-2-14(4-3-5-17-8-14)13-19-12(20-21-13)11-10(16)6-9(15)7-18-11/h6-7,17H,2-5,8H2,1H3. The molecular formula is C14H16Cl2N4O. The van der Waals surface area contributed by atoms with E-state index in [1.54, 1.807) is 6.07 Å². The molecule has 112 valence electrons. The molecule has 0 bridgehead atoms. The lowest BCUT2D eigenvalue weighted by atomic mass is 9.78. The molecule has 2 aromatic rings. The van der Waals surface area contributed by atoms with E-state index >= 15 is 0 Å². The van der Waals surface area contributed by atoms with Crippen LogP contribution in [0.5, 0.6) is 0 Å². The largest absolute Gasteiger partial charge is 0.338 e. The molecule has 21 heavy (non-hydrogen) atoms. The second-order valence-corrected chi connectivity index (χ2v) is 6.16. The minimum absolute atomic E-state index is 0.0948. The molecular weight excluding hydrogens is 311 g/mol. The monoisotopic (exact) mass is 326 g/mol. The number of nitrogens with one attached hydrogen (secondary N) is 1. The van der Waals surface area contributed by atoms with Crippen molar-refractivity contribution in [1.29, 1.82) is 0 Å². The van der Waals surface area contributed by atoms with Crippen molar-refractivity contribution in [3.63, 3.8) is 0 Å². The van der Waals surface area contributed by atoms with E-state index in [0.29, 0.717) is 27.5 Å². The summed E-state index contributed by atoms with van der Waals surface area (Å²) in [5, 5.41) is 8.35. The van der Waals surface area contributed by atoms with Crippen LogP contribution in [0.4, 0.5) is 0 Å². The highest BCUT2D eigenvalue weighted by atomic mass is 35.5. The highest BCUT2D eigenvalue weighted by Crippen LogP contribution is 2.35. The molecule has 1 fully saturated rings. The molecule has 1 N–H and O–H groups in total. The predicted octanol–water partition coefficient (Wildman–Crippen LogP) is 3.47. The van der Waals surface area contributed by atoms with Crippen molar-refractivity contribution >= 4 is 23.2 Å². The van der Waals surface area contributed by atoms with E-state index in [9.17, 15) is 0 Å². The number of aromatic nitrogens is 3. The number of rotatable bonds is 3. The molecule has 0 aromatic carbocycles. The topological polar surface area (TPSA) is 63.8 Å². The minimum atomic E-state index is -0.0948. The van der Waals surface area contributed by atoms with Gasteiger partial charge >= 0.3 is 0 Å². The maximum Gasteiger partial charge on any atom is 0.234 e. The Morgan fingerprint density at radius 3 is 2.95 bits per heavy atom. The van der Waals surface area contributed by atoms with Gasteiger partial charge in [-0.3, -0.25) is 0 Å². The van der Waals surface area contributed by atoms with Gasteiger partial charge in [0, 0.05) is 12.7 Å². The maximum atomic E-state index is 6.15. The van der Waals surface area contributed by atoms with E-state index in [2.05, 4.69) is 27.4 Å². The normalized spacial score (nSPS) is 22.4. The summed E-state index contributed by atoms with van der Waals surface area (Å²) in [6, 6.07) is 1.62. The van der Waals surface area contributed by atoms with Crippen LogP contribution in [-0.4, -0.2) is 28.2 Å². The first-order chi connectivity index (χ1) is 10.1. The van der Waals surface area contributed by atoms with Crippen molar-refractivity contribution in [1.82, 2.24) is 20.4 Å². The van der Waals surface area contributed by atoms with Crippen molar-refractivity contribution in [2.45, 2.75) is 31.6 Å². The summed E-state index contributed by atoms with van der Waals surface area (Å²) >= 11 is 12.0. The third-order valence-electron chi connectivity index (χ3n) is 4.05. The molecule has 1 atom stereocenters. The first-order valence-electron chi connectivity index (χ1n) is 7.01. The van der Waals surface area contributed by atoms with Gasteiger partial charge in [-0.25, -0.2) is 4.98 Å². The number of nitrogens with zero attached hydrogens (tertiary/aromatic N) is 3. The van der Waals surface area contributed by atoms with E-state index in [0.717, 1.165) is 32.4 Å². The Morgan fingerprint density at radius 1 is 1.43 bits per heavy atom. The molecule has 1 aliphatic heterocycles. The van der Waals surface area contributed by atoms with Crippen molar-refractivity contribution in [3.05, 3.63) is 28.2 Å². The number of pyridine rings is 1. The fourth-order valence-electron chi connectivity index (χ4n) is 2.72. The van der Waals surface area contributed by atoms with E-state index in [4.69, 9.17) is 27.7 Å². The number of halogens is 2. The van der Waals surface area contributed by atoms with Crippen LogP contribution in [0.25, 0.3) is 11.5 Å². The predicted molar refractivity (Wildman–Crippen MR) is 81.6 cm³/mol. The molecule has 0 spiro atoms. The summed E-state index contributed by atoms with van der Waals surface area (Å²) in [5.41, 5.74) is 0.397. The molecule has 5 nitrogen and oxygen atoms in total. The van der Waals surface area contributed by atoms with Crippen LogP contribution in [0.2, 0.25) is 10.0 Å². The van der Waals surface area contributed by atoms with E-state index in [-0.39, 0.29) is 5.41 Å². The Balaban J connectivity index is 1.95. The third-order valence-corrected chi connectivity index (χ3v) is 4.54. The molecule has 0 amide bonds. The van der Waals surface area contributed by atoms with Crippen LogP contribution in [0, 0.1) is 0 Å². The lowest BCUT2D eigenvalue weighted by Gasteiger charge is -2.33. The van der Waals surface area contributed by atoms with Crippen LogP contribution in [-0.2, 0) is 5.41 Å². The zero-order chi connectivity index (χ0) is 14.9. The lowest BCUT2D eigenvalue weighted by molar-refractivity contribution is 0.221. The first kappa shape index (κ1) is 14.8. The highest BCUT2D eigenvalue weighted by molar-refractivity contribution is 6.35. The van der Waals surface area contributed by atoms with Gasteiger partial charge in [0.1, 0.15) is 5.69 Å². The van der Waals surface area contributed by atoms with Gasteiger partial charge in [0.15, 0.2) is 0 Å². The zero-order valence-corrected chi connectivity index (χ0v) is 13.2. The molecule has 0 saturated carbocycles. The molecule has 1 saturated heterocycles. The smallest absolute Gasteiger partial charge is 0.234 e. The van der Waals surface area contributed by atoms with Gasteiger partial charge in [0.05, 0.1) is 15.5 Å². The van der Waals surface area contributed by atoms with Gasteiger partial charge in [0.2, 0.25) is 11.7 Å². The van der Waals surface area contributed by atoms with E-state index < -0.39 is 0 Å². The average molecular weight is 327 g/mol. The molecule has 3 heterocycles. The molecule has 2 aromatic heterocycles. The van der Waals surface area contributed by atoms with Gasteiger partial charge in [0.25, 0.3) is 0 Å². The number of piperidine rings is 1. The second-order valence-electron chi connectivity index (χ2n) is 5.32. The van der Waals surface area contributed by atoms with Gasteiger partial charge in [-0.2, -0.15) is 4.98 Å². The molecule has 0 radical (unpaired) electrons. The fraction of sp³-hybridized carbons (Fsp3) is 0.500. The summed E-state index contributed by atoms with van der Waals surface area (Å²) in [6.45, 7) is 4.03. The molecule has 1 aliphatic rings. The SMILES string of the molecule is CCC1(c2nc(-c3ncc(Cl)cc3Cl)no2)CCCNC1. The Hall–Kier alpha value is -1.17. The van der Waals surface area contributed by atoms with E-state index in [1.165, 1.54) is 6.20 Å². The maximum absolute atomic E-state index is 6.15. The van der Waals surface area contributed by atoms with Crippen LogP contribution in [0.15, 0.2) is 16.8 Å². The fourth-order valence-corrected chi connectivity index (χ4v) is 3.18. The molecule has 1 unspecified atom stereocenters. The summed E-state index contributed by atoms with van der Waals surface area (Å²) in [7, 11) is 0. The first-order valence-corrected chi connectivity index (χ1v) is 7.76. The van der Waals surface area contributed by atoms with Crippen molar-refractivity contribution in [2.75, 3.05) is 13.1 Å². The van der Waals surface area contributed by atoms with Crippen molar-refractivity contribution < 1.29 is 4.52 Å². The van der Waals surface area contributed by atoms with Gasteiger partial charge in [-0.05, 0) is 31.9 Å². The molecule has 7 heteroatoms. The van der Waals surface area contributed by atoms with Gasteiger partial charge in [-0.1, -0.05) is 35.3 Å². The number of hydrogen-bond donors (Lipinski definition) is 1. The average Bonchev–Trinajstić information content (AvgIpc) is 2.98.